The van der Waals surface area contributed by atoms with E-state index >= 15 is 0 Å². The van der Waals surface area contributed by atoms with Crippen molar-refractivity contribution >= 4 is 11.5 Å². The molecule has 7 heteroatoms. The lowest BCUT2D eigenvalue weighted by molar-refractivity contribution is -0.117. The van der Waals surface area contributed by atoms with Crippen LogP contribution >= 0.6 is 0 Å². The van der Waals surface area contributed by atoms with E-state index < -0.39 is 0 Å². The Hall–Kier alpha value is -1.83. The number of allylic oxidation sites excluding steroid dienone is 2. The fourth-order valence-electron chi connectivity index (χ4n) is 4.06. The average molecular weight is 552 g/mol. The van der Waals surface area contributed by atoms with E-state index in [0.717, 1.165) is 31.8 Å². The Balaban J connectivity index is 0. The minimum atomic E-state index is -0.367. The molecule has 0 unspecified atom stereocenters. The molecule has 0 saturated carbocycles. The molecule has 0 aromatic heterocycles. The fraction of sp³-hybridized carbons (Fsp3) is 0.781. The van der Waals surface area contributed by atoms with Crippen LogP contribution in [0, 0.1) is 5.41 Å². The van der Waals surface area contributed by atoms with Crippen LogP contribution in [0.1, 0.15) is 95.1 Å². The number of likely N-dealkylation sites (N-methyl/N-ethyl adjacent to an activating group) is 2. The van der Waals surface area contributed by atoms with Crippen molar-refractivity contribution in [1.29, 1.82) is 0 Å². The lowest BCUT2D eigenvalue weighted by Crippen LogP contribution is -2.47. The zero-order valence-corrected chi connectivity index (χ0v) is 28.1. The molecule has 0 heterocycles. The minimum absolute atomic E-state index is 0.0689. The average Bonchev–Trinajstić information content (AvgIpc) is 2.85. The van der Waals surface area contributed by atoms with E-state index in [1.807, 2.05) is 53.5 Å². The maximum absolute atomic E-state index is 11.8. The van der Waals surface area contributed by atoms with Gasteiger partial charge in [0.15, 0.2) is 5.78 Å². The molecule has 0 spiro atoms. The predicted molar refractivity (Wildman–Crippen MR) is 169 cm³/mol. The van der Waals surface area contributed by atoms with E-state index in [4.69, 9.17) is 4.74 Å². The van der Waals surface area contributed by atoms with Gasteiger partial charge < -0.3 is 19.4 Å². The Kier molecular flexibility index (Phi) is 18.7. The van der Waals surface area contributed by atoms with Gasteiger partial charge in [-0.3, -0.25) is 14.4 Å². The number of Topliss-reactive ketones (excluding diaryl/α,β-unsaturated/α-hetero) is 1. The van der Waals surface area contributed by atoms with Gasteiger partial charge in [-0.15, -0.1) is 0 Å². The van der Waals surface area contributed by atoms with Crippen LogP contribution in [-0.4, -0.2) is 82.7 Å². The molecule has 1 aliphatic rings. The Morgan fingerprint density at radius 2 is 1.18 bits per heavy atom. The smallest absolute Gasteiger partial charge is 0.249 e. The zero-order valence-electron chi connectivity index (χ0n) is 28.1. The number of carbonyl (C=O) groups is 1. The molecule has 0 radical (unpaired) electrons. The highest BCUT2D eigenvalue weighted by Crippen LogP contribution is 2.37. The second-order valence-electron chi connectivity index (χ2n) is 12.1. The molecule has 228 valence electrons. The van der Waals surface area contributed by atoms with Gasteiger partial charge in [0.2, 0.25) is 10.9 Å². The molecule has 1 aliphatic carbocycles. The zero-order chi connectivity index (χ0) is 31.1. The highest BCUT2D eigenvalue weighted by atomic mass is 16.5. The van der Waals surface area contributed by atoms with Crippen LogP contribution in [0.3, 0.4) is 0 Å². The van der Waals surface area contributed by atoms with Crippen LogP contribution in [-0.2, 0) is 14.9 Å². The summed E-state index contributed by atoms with van der Waals surface area (Å²) < 4.78 is 5.58. The van der Waals surface area contributed by atoms with Gasteiger partial charge in [-0.2, -0.15) is 0 Å². The van der Waals surface area contributed by atoms with E-state index in [1.54, 1.807) is 0 Å². The Labute approximate surface area is 240 Å². The highest BCUT2D eigenvalue weighted by Gasteiger charge is 2.33. The molecule has 39 heavy (non-hydrogen) atoms. The van der Waals surface area contributed by atoms with Crippen molar-refractivity contribution in [2.45, 2.75) is 94.9 Å². The summed E-state index contributed by atoms with van der Waals surface area (Å²) in [7, 11) is 6.00. The van der Waals surface area contributed by atoms with E-state index in [-0.39, 0.29) is 21.7 Å². The fourth-order valence-corrected chi connectivity index (χ4v) is 4.06. The largest absolute Gasteiger partial charge is 0.378 e. The van der Waals surface area contributed by atoms with Crippen molar-refractivity contribution in [1.82, 2.24) is 9.80 Å². The van der Waals surface area contributed by atoms with E-state index in [2.05, 4.69) is 65.4 Å². The first kappa shape index (κ1) is 39.3. The quantitative estimate of drug-likeness (QED) is 0.289. The number of ketones is 1. The number of carbonyl (C=O) groups excluding carboxylic acids is 1. The molecule has 0 atom stereocenters. The number of rotatable bonds is 10. The van der Waals surface area contributed by atoms with Crippen LogP contribution < -0.4 is 15.8 Å². The van der Waals surface area contributed by atoms with Gasteiger partial charge in [-0.05, 0) is 51.5 Å². The molecular formula is C32H61N3O4. The van der Waals surface area contributed by atoms with E-state index in [0.29, 0.717) is 43.2 Å². The van der Waals surface area contributed by atoms with Gasteiger partial charge in [0.05, 0.1) is 18.9 Å². The third kappa shape index (κ3) is 13.4. The summed E-state index contributed by atoms with van der Waals surface area (Å²) >= 11 is 0. The first-order valence-electron chi connectivity index (χ1n) is 14.7. The molecule has 1 aromatic carbocycles. The van der Waals surface area contributed by atoms with Crippen LogP contribution in [0.25, 0.3) is 0 Å². The number of anilines is 1. The van der Waals surface area contributed by atoms with Gasteiger partial charge in [0.25, 0.3) is 0 Å². The summed E-state index contributed by atoms with van der Waals surface area (Å²) in [6.45, 7) is 30.7. The van der Waals surface area contributed by atoms with Gasteiger partial charge in [0.1, 0.15) is 0 Å². The van der Waals surface area contributed by atoms with Crippen molar-refractivity contribution in [3.05, 3.63) is 37.2 Å². The van der Waals surface area contributed by atoms with Crippen molar-refractivity contribution < 1.29 is 9.53 Å². The monoisotopic (exact) mass is 551 g/mol. The minimum Gasteiger partial charge on any atom is -0.378 e. The van der Waals surface area contributed by atoms with Crippen LogP contribution in [0.4, 0.5) is 5.69 Å². The number of hydrogen-bond acceptors (Lipinski definition) is 7. The third-order valence-electron chi connectivity index (χ3n) is 6.71. The van der Waals surface area contributed by atoms with Crippen LogP contribution in [0.5, 0.6) is 0 Å². The SMILES string of the molecule is CC.CC1=C(C(C)(C)C)C(=O)C1.CCN(C)CC.CCN(C)CCOCCN(C)c1c(C(C)(C)C)c(=O)c1=O. The predicted octanol–water partition coefficient (Wildman–Crippen LogP) is 5.29. The Morgan fingerprint density at radius 3 is 1.49 bits per heavy atom. The summed E-state index contributed by atoms with van der Waals surface area (Å²) in [6, 6.07) is 0. The maximum Gasteiger partial charge on any atom is 0.249 e. The molecule has 2 rings (SSSR count). The number of hydrogen-bond donors (Lipinski definition) is 0. The summed E-state index contributed by atoms with van der Waals surface area (Å²) in [5, 5.41) is 0. The van der Waals surface area contributed by atoms with Crippen LogP contribution in [0.15, 0.2) is 20.7 Å². The molecule has 7 nitrogen and oxygen atoms in total. The van der Waals surface area contributed by atoms with Gasteiger partial charge in [-0.1, -0.05) is 81.7 Å². The topological polar surface area (TPSA) is 70.2 Å². The Morgan fingerprint density at radius 1 is 0.718 bits per heavy atom. The summed E-state index contributed by atoms with van der Waals surface area (Å²) in [5.74, 6) is 0.338. The van der Waals surface area contributed by atoms with Crippen LogP contribution in [0.2, 0.25) is 0 Å². The Bertz CT molecular complexity index is 940. The maximum atomic E-state index is 11.8. The highest BCUT2D eigenvalue weighted by molar-refractivity contribution is 6.05. The molecular weight excluding hydrogens is 490 g/mol. The van der Waals surface area contributed by atoms with Crippen molar-refractivity contribution in [2.24, 2.45) is 5.41 Å². The van der Waals surface area contributed by atoms with Crippen molar-refractivity contribution in [2.75, 3.05) is 72.0 Å². The van der Waals surface area contributed by atoms with Gasteiger partial charge in [0, 0.05) is 37.7 Å². The first-order chi connectivity index (χ1) is 17.9. The normalized spacial score (nSPS) is 13.3. The van der Waals surface area contributed by atoms with Crippen molar-refractivity contribution in [3.63, 3.8) is 0 Å². The number of ether oxygens (including phenoxy) is 1. The van der Waals surface area contributed by atoms with Gasteiger partial charge in [-0.25, -0.2) is 0 Å². The summed E-state index contributed by atoms with van der Waals surface area (Å²) in [4.78, 5) is 40.8. The molecule has 0 aliphatic heterocycles. The van der Waals surface area contributed by atoms with Crippen molar-refractivity contribution in [3.8, 4) is 0 Å². The summed E-state index contributed by atoms with van der Waals surface area (Å²) in [5.41, 5.74) is 2.59. The molecule has 0 bridgehead atoms. The van der Waals surface area contributed by atoms with Gasteiger partial charge >= 0.3 is 0 Å². The first-order valence-corrected chi connectivity index (χ1v) is 14.7. The molecule has 0 fully saturated rings. The lowest BCUT2D eigenvalue weighted by atomic mass is 9.73. The second-order valence-corrected chi connectivity index (χ2v) is 12.1. The van der Waals surface area contributed by atoms with E-state index in [1.165, 1.54) is 5.57 Å². The molecule has 0 N–H and O–H groups in total. The molecule has 1 aromatic rings. The third-order valence-corrected chi connectivity index (χ3v) is 6.71. The number of nitrogens with zero attached hydrogens (tertiary/aromatic N) is 3. The molecule has 0 amide bonds. The molecule has 0 saturated heterocycles. The second kappa shape index (κ2) is 18.5. The summed E-state index contributed by atoms with van der Waals surface area (Å²) in [6.07, 6.45) is 0.687. The standard InChI is InChI=1S/C16H28N2O3.C9H14O.C5H13N.C2H6/c1-7-17(5)8-10-21-11-9-18(6)13-12(16(2,3)4)14(19)15(13)20;1-6-5-7(10)8(6)9(2,3)4;1-4-6(3)5-2;1-2/h7-11H2,1-6H3;5H2,1-4H3;4-5H2,1-3H3;1-2H3. The lowest BCUT2D eigenvalue weighted by Gasteiger charge is -2.30. The van der Waals surface area contributed by atoms with E-state index in [9.17, 15) is 14.4 Å².